The molecule has 0 saturated heterocycles. The smallest absolute Gasteiger partial charge is 0.322 e. The molecule has 0 aliphatic carbocycles. The van der Waals surface area contributed by atoms with Crippen LogP contribution in [0, 0.1) is 5.82 Å². The molecule has 0 aliphatic heterocycles. The number of hydrogen-bond donors (Lipinski definition) is 1. The molecule has 2 aromatic heterocycles. The molecule has 0 aliphatic rings. The van der Waals surface area contributed by atoms with Gasteiger partial charge in [0.05, 0.1) is 24.4 Å². The van der Waals surface area contributed by atoms with E-state index in [2.05, 4.69) is 5.32 Å². The summed E-state index contributed by atoms with van der Waals surface area (Å²) in [5, 5.41) is 2.58. The first-order valence-corrected chi connectivity index (χ1v) is 11.2. The molecule has 0 spiro atoms. The molecule has 34 heavy (non-hydrogen) atoms. The molecule has 0 unspecified atom stereocenters. The minimum absolute atomic E-state index is 0.105. The minimum atomic E-state index is -0.582. The first-order valence-electron chi connectivity index (χ1n) is 10.8. The number of nitrogens with zero attached hydrogens (tertiary/aromatic N) is 3. The second kappa shape index (κ2) is 12.2. The van der Waals surface area contributed by atoms with E-state index in [-0.39, 0.29) is 24.0 Å². The van der Waals surface area contributed by atoms with Gasteiger partial charge in [-0.1, -0.05) is 11.6 Å². The second-order valence-corrected chi connectivity index (χ2v) is 8.17. The van der Waals surface area contributed by atoms with Crippen LogP contribution in [0.4, 0.5) is 14.9 Å². The fourth-order valence-electron chi connectivity index (χ4n) is 3.37. The van der Waals surface area contributed by atoms with E-state index in [1.54, 1.807) is 30.4 Å². The molecule has 0 radical (unpaired) electrons. The van der Waals surface area contributed by atoms with Crippen molar-refractivity contribution in [3.63, 3.8) is 0 Å². The number of amides is 3. The van der Waals surface area contributed by atoms with Crippen LogP contribution in [0.15, 0.2) is 59.3 Å². The Kier molecular flexibility index (Phi) is 9.12. The molecule has 0 atom stereocenters. The third kappa shape index (κ3) is 7.10. The quantitative estimate of drug-likeness (QED) is 0.401. The number of benzene rings is 1. The van der Waals surface area contributed by atoms with Crippen molar-refractivity contribution in [3.05, 3.63) is 77.2 Å². The topological polar surface area (TPSA) is 80.0 Å². The summed E-state index contributed by atoms with van der Waals surface area (Å²) in [7, 11) is 3.48. The van der Waals surface area contributed by atoms with Gasteiger partial charge in [-0.2, -0.15) is 0 Å². The Labute approximate surface area is 202 Å². The van der Waals surface area contributed by atoms with E-state index in [4.69, 9.17) is 20.8 Å². The summed E-state index contributed by atoms with van der Waals surface area (Å²) in [6.45, 7) is 1.18. The van der Waals surface area contributed by atoms with E-state index in [1.165, 1.54) is 23.1 Å². The summed E-state index contributed by atoms with van der Waals surface area (Å²) >= 11 is 5.83. The predicted molar refractivity (Wildman–Crippen MR) is 127 cm³/mol. The number of hydrogen-bond acceptors (Lipinski definition) is 4. The van der Waals surface area contributed by atoms with Crippen LogP contribution >= 0.6 is 11.6 Å². The van der Waals surface area contributed by atoms with Crippen LogP contribution < -0.4 is 5.32 Å². The Hall–Kier alpha value is -3.30. The highest BCUT2D eigenvalue weighted by atomic mass is 35.5. The lowest BCUT2D eigenvalue weighted by atomic mass is 10.3. The average molecular weight is 491 g/mol. The zero-order valence-corrected chi connectivity index (χ0v) is 19.9. The number of ether oxygens (including phenoxy) is 1. The Morgan fingerprint density at radius 1 is 1.18 bits per heavy atom. The molecule has 10 heteroatoms. The molecule has 3 aromatic rings. The predicted octanol–water partition coefficient (Wildman–Crippen LogP) is 4.51. The van der Waals surface area contributed by atoms with Crippen LogP contribution in [-0.2, 0) is 29.7 Å². The fraction of sp³-hybridized carbons (Fsp3) is 0.333. The van der Waals surface area contributed by atoms with E-state index in [0.29, 0.717) is 37.6 Å². The first kappa shape index (κ1) is 25.3. The van der Waals surface area contributed by atoms with E-state index in [9.17, 15) is 14.0 Å². The van der Waals surface area contributed by atoms with Crippen molar-refractivity contribution in [2.24, 2.45) is 7.05 Å². The Bertz CT molecular complexity index is 1090. The van der Waals surface area contributed by atoms with Crippen molar-refractivity contribution in [1.82, 2.24) is 14.4 Å². The fourth-order valence-corrected chi connectivity index (χ4v) is 3.55. The van der Waals surface area contributed by atoms with Gasteiger partial charge >= 0.3 is 6.03 Å². The molecule has 1 aromatic carbocycles. The Morgan fingerprint density at radius 2 is 2.00 bits per heavy atom. The summed E-state index contributed by atoms with van der Waals surface area (Å²) < 4.78 is 25.9. The number of halogens is 2. The monoisotopic (exact) mass is 490 g/mol. The third-order valence-corrected chi connectivity index (χ3v) is 5.53. The molecular weight excluding hydrogens is 463 g/mol. The van der Waals surface area contributed by atoms with E-state index >= 15 is 0 Å². The van der Waals surface area contributed by atoms with Crippen molar-refractivity contribution in [2.45, 2.75) is 19.5 Å². The SMILES string of the molecule is COCCCN(CC(=O)N(Cc1ccco1)Cc1cccn1C)C(=O)Nc1ccc(F)c(Cl)c1. The van der Waals surface area contributed by atoms with Gasteiger partial charge in [0, 0.05) is 44.9 Å². The van der Waals surface area contributed by atoms with Crippen LogP contribution in [0.2, 0.25) is 5.02 Å². The van der Waals surface area contributed by atoms with Gasteiger partial charge in [0.25, 0.3) is 0 Å². The van der Waals surface area contributed by atoms with Crippen molar-refractivity contribution in [3.8, 4) is 0 Å². The lowest BCUT2D eigenvalue weighted by molar-refractivity contribution is -0.133. The number of urea groups is 1. The molecule has 0 bridgehead atoms. The van der Waals surface area contributed by atoms with Crippen molar-refractivity contribution in [1.29, 1.82) is 0 Å². The van der Waals surface area contributed by atoms with Gasteiger partial charge in [-0.3, -0.25) is 4.79 Å². The lowest BCUT2D eigenvalue weighted by Crippen LogP contribution is -2.44. The summed E-state index contributed by atoms with van der Waals surface area (Å²) in [6, 6.07) is 10.8. The van der Waals surface area contributed by atoms with Crippen molar-refractivity contribution >= 4 is 29.2 Å². The standard InChI is InChI=1S/C24H28ClFN4O4/c1-28-10-3-6-19(28)15-30(16-20-7-4-13-34-20)23(31)17-29(11-5-12-33-2)24(32)27-18-8-9-22(26)21(25)14-18/h3-4,6-10,13-14H,5,11-12,15-17H2,1-2H3,(H,27,32). The molecule has 2 heterocycles. The number of methoxy groups -OCH3 is 1. The molecule has 1 N–H and O–H groups in total. The number of aryl methyl sites for hydroxylation is 1. The van der Waals surface area contributed by atoms with Crippen LogP contribution in [0.3, 0.4) is 0 Å². The highest BCUT2D eigenvalue weighted by Crippen LogP contribution is 2.20. The van der Waals surface area contributed by atoms with Crippen molar-refractivity contribution < 1.29 is 23.1 Å². The van der Waals surface area contributed by atoms with Gasteiger partial charge < -0.3 is 28.8 Å². The number of carbonyl (C=O) groups excluding carboxylic acids is 2. The van der Waals surface area contributed by atoms with Gasteiger partial charge in [-0.05, 0) is 48.9 Å². The Balaban J connectivity index is 1.75. The normalized spacial score (nSPS) is 10.8. The van der Waals surface area contributed by atoms with Gasteiger partial charge in [-0.25, -0.2) is 9.18 Å². The second-order valence-electron chi connectivity index (χ2n) is 7.77. The Morgan fingerprint density at radius 3 is 2.65 bits per heavy atom. The lowest BCUT2D eigenvalue weighted by Gasteiger charge is -2.27. The number of aromatic nitrogens is 1. The maximum Gasteiger partial charge on any atom is 0.322 e. The summed E-state index contributed by atoms with van der Waals surface area (Å²) in [6.07, 6.45) is 4.00. The molecule has 182 valence electrons. The number of anilines is 1. The van der Waals surface area contributed by atoms with Gasteiger partial charge in [0.15, 0.2) is 0 Å². The molecule has 0 saturated carbocycles. The molecular formula is C24H28ClFN4O4. The number of nitrogens with one attached hydrogen (secondary N) is 1. The van der Waals surface area contributed by atoms with Crippen LogP contribution in [0.1, 0.15) is 17.9 Å². The van der Waals surface area contributed by atoms with Gasteiger partial charge in [0.2, 0.25) is 5.91 Å². The van der Waals surface area contributed by atoms with Crippen molar-refractivity contribution in [2.75, 3.05) is 32.1 Å². The minimum Gasteiger partial charge on any atom is -0.467 e. The molecule has 8 nitrogen and oxygen atoms in total. The highest BCUT2D eigenvalue weighted by molar-refractivity contribution is 6.31. The van der Waals surface area contributed by atoms with Gasteiger partial charge in [0.1, 0.15) is 18.1 Å². The average Bonchev–Trinajstić information content (AvgIpc) is 3.47. The first-order chi connectivity index (χ1) is 16.4. The maximum atomic E-state index is 13.5. The number of rotatable bonds is 11. The zero-order valence-electron chi connectivity index (χ0n) is 19.2. The summed E-state index contributed by atoms with van der Waals surface area (Å²) in [5.41, 5.74) is 1.27. The largest absolute Gasteiger partial charge is 0.467 e. The van der Waals surface area contributed by atoms with E-state index in [0.717, 1.165) is 5.69 Å². The summed E-state index contributed by atoms with van der Waals surface area (Å²) in [4.78, 5) is 29.4. The molecule has 0 fully saturated rings. The van der Waals surface area contributed by atoms with E-state index in [1.807, 2.05) is 29.9 Å². The maximum absolute atomic E-state index is 13.5. The summed E-state index contributed by atoms with van der Waals surface area (Å²) in [5.74, 6) is -0.192. The molecule has 3 amide bonds. The molecule has 3 rings (SSSR count). The number of furan rings is 1. The highest BCUT2D eigenvalue weighted by Gasteiger charge is 2.23. The third-order valence-electron chi connectivity index (χ3n) is 5.24. The van der Waals surface area contributed by atoms with Crippen LogP contribution in [0.5, 0.6) is 0 Å². The van der Waals surface area contributed by atoms with E-state index < -0.39 is 11.8 Å². The number of carbonyl (C=O) groups is 2. The van der Waals surface area contributed by atoms with Crippen LogP contribution in [0.25, 0.3) is 0 Å². The zero-order chi connectivity index (χ0) is 24.5. The van der Waals surface area contributed by atoms with Crippen LogP contribution in [-0.4, -0.2) is 53.1 Å². The van der Waals surface area contributed by atoms with Gasteiger partial charge in [-0.15, -0.1) is 0 Å².